The Morgan fingerprint density at radius 2 is 2.09 bits per heavy atom. The molecular weight excluding hydrogens is 283 g/mol. The second kappa shape index (κ2) is 6.42. The fourth-order valence-corrected chi connectivity index (χ4v) is 2.54. The first-order chi connectivity index (χ1) is 10.3. The van der Waals surface area contributed by atoms with Gasteiger partial charge in [-0.2, -0.15) is 0 Å². The van der Waals surface area contributed by atoms with E-state index in [4.69, 9.17) is 4.74 Å². The summed E-state index contributed by atoms with van der Waals surface area (Å²) in [6.07, 6.45) is 4.35. The largest absolute Gasteiger partial charge is 0.460 e. The molecule has 1 aliphatic rings. The van der Waals surface area contributed by atoms with Gasteiger partial charge in [-0.25, -0.2) is 4.39 Å². The van der Waals surface area contributed by atoms with Gasteiger partial charge in [-0.05, 0) is 51.7 Å². The Labute approximate surface area is 130 Å². The van der Waals surface area contributed by atoms with Gasteiger partial charge in [0.1, 0.15) is 17.7 Å². The highest BCUT2D eigenvalue weighted by atomic mass is 19.1. The van der Waals surface area contributed by atoms with Crippen LogP contribution >= 0.6 is 0 Å². The van der Waals surface area contributed by atoms with Crippen LogP contribution in [-0.4, -0.2) is 17.9 Å². The molecule has 0 unspecified atom stereocenters. The van der Waals surface area contributed by atoms with Crippen LogP contribution in [-0.2, 0) is 9.53 Å². The molecule has 0 saturated carbocycles. The summed E-state index contributed by atoms with van der Waals surface area (Å²) in [7, 11) is 0. The third-order valence-corrected chi connectivity index (χ3v) is 3.63. The molecule has 0 N–H and O–H groups in total. The van der Waals surface area contributed by atoms with E-state index in [0.29, 0.717) is 36.7 Å². The monoisotopic (exact) mass is 304 g/mol. The smallest absolute Gasteiger partial charge is 0.309 e. The number of allylic oxidation sites excluding steroid dienone is 2. The van der Waals surface area contributed by atoms with Crippen LogP contribution in [0.3, 0.4) is 0 Å². The van der Waals surface area contributed by atoms with Crippen LogP contribution in [0.5, 0.6) is 0 Å². The van der Waals surface area contributed by atoms with Crippen molar-refractivity contribution in [3.8, 4) is 0 Å². The van der Waals surface area contributed by atoms with Crippen molar-refractivity contribution >= 4 is 17.8 Å². The zero-order valence-electron chi connectivity index (χ0n) is 13.2. The number of hydrogen-bond acceptors (Lipinski definition) is 3. The summed E-state index contributed by atoms with van der Waals surface area (Å²) >= 11 is 0. The molecule has 1 aromatic carbocycles. The lowest BCUT2D eigenvalue weighted by molar-refractivity contribution is -0.160. The maximum atomic E-state index is 14.0. The van der Waals surface area contributed by atoms with Crippen LogP contribution in [0, 0.1) is 11.7 Å². The molecule has 4 heteroatoms. The van der Waals surface area contributed by atoms with Crippen LogP contribution in [0.4, 0.5) is 4.39 Å². The number of benzene rings is 1. The summed E-state index contributed by atoms with van der Waals surface area (Å²) in [4.78, 5) is 22.7. The third kappa shape index (κ3) is 4.03. The number of carbonyl (C=O) groups excluding carboxylic acids is 2. The number of halogens is 1. The molecule has 0 amide bonds. The van der Waals surface area contributed by atoms with Crippen LogP contribution in [0.2, 0.25) is 0 Å². The third-order valence-electron chi connectivity index (χ3n) is 3.63. The number of rotatable bonds is 3. The first-order valence-electron chi connectivity index (χ1n) is 7.47. The van der Waals surface area contributed by atoms with E-state index in [2.05, 4.69) is 0 Å². The first kappa shape index (κ1) is 16.4. The molecule has 0 spiro atoms. The van der Waals surface area contributed by atoms with E-state index in [9.17, 15) is 14.0 Å². The van der Waals surface area contributed by atoms with E-state index in [-0.39, 0.29) is 11.9 Å². The summed E-state index contributed by atoms with van der Waals surface area (Å²) < 4.78 is 19.4. The van der Waals surface area contributed by atoms with Crippen molar-refractivity contribution in [3.05, 3.63) is 41.2 Å². The van der Waals surface area contributed by atoms with Crippen molar-refractivity contribution in [2.24, 2.45) is 5.92 Å². The standard InChI is InChI=1S/C18H21FO3/c1-18(2,3)22-17(21)14-7-5-13(6-8-14)15-9-4-12(11-20)10-16(15)19/h4-5,9-11,14H,6-8H2,1-3H3/t14-/m1/s1. The highest BCUT2D eigenvalue weighted by Crippen LogP contribution is 2.32. The maximum Gasteiger partial charge on any atom is 0.309 e. The zero-order valence-corrected chi connectivity index (χ0v) is 13.2. The molecule has 0 radical (unpaired) electrons. The number of hydrogen-bond donors (Lipinski definition) is 0. The molecule has 0 heterocycles. The van der Waals surface area contributed by atoms with E-state index in [1.54, 1.807) is 12.1 Å². The van der Waals surface area contributed by atoms with E-state index < -0.39 is 11.4 Å². The Morgan fingerprint density at radius 1 is 1.36 bits per heavy atom. The van der Waals surface area contributed by atoms with E-state index in [1.165, 1.54) is 6.07 Å². The lowest BCUT2D eigenvalue weighted by Crippen LogP contribution is -2.29. The highest BCUT2D eigenvalue weighted by Gasteiger charge is 2.27. The molecule has 118 valence electrons. The second-order valence-electron chi connectivity index (χ2n) is 6.59. The highest BCUT2D eigenvalue weighted by molar-refractivity contribution is 5.78. The van der Waals surface area contributed by atoms with Gasteiger partial charge in [-0.1, -0.05) is 18.2 Å². The maximum absolute atomic E-state index is 14.0. The van der Waals surface area contributed by atoms with Crippen molar-refractivity contribution in [3.63, 3.8) is 0 Å². The molecule has 1 atom stereocenters. The van der Waals surface area contributed by atoms with Crippen molar-refractivity contribution in [2.75, 3.05) is 0 Å². The fraction of sp³-hybridized carbons (Fsp3) is 0.444. The van der Waals surface area contributed by atoms with E-state index in [0.717, 1.165) is 5.57 Å². The number of ether oxygens (including phenoxy) is 1. The lowest BCUT2D eigenvalue weighted by Gasteiger charge is -2.26. The lowest BCUT2D eigenvalue weighted by atomic mass is 9.86. The van der Waals surface area contributed by atoms with Crippen LogP contribution in [0.15, 0.2) is 24.3 Å². The van der Waals surface area contributed by atoms with Gasteiger partial charge in [0.15, 0.2) is 0 Å². The van der Waals surface area contributed by atoms with Crippen molar-refractivity contribution < 1.29 is 18.7 Å². The molecule has 0 aromatic heterocycles. The van der Waals surface area contributed by atoms with E-state index in [1.807, 2.05) is 26.8 Å². The average molecular weight is 304 g/mol. The molecule has 0 saturated heterocycles. The Kier molecular flexibility index (Phi) is 4.79. The molecule has 3 nitrogen and oxygen atoms in total. The molecule has 0 fully saturated rings. The van der Waals surface area contributed by atoms with Gasteiger partial charge in [0, 0.05) is 11.1 Å². The van der Waals surface area contributed by atoms with Gasteiger partial charge in [-0.3, -0.25) is 9.59 Å². The fourth-order valence-electron chi connectivity index (χ4n) is 2.54. The van der Waals surface area contributed by atoms with Gasteiger partial charge < -0.3 is 4.74 Å². The summed E-state index contributed by atoms with van der Waals surface area (Å²) in [5.74, 6) is -0.758. The Balaban J connectivity index is 2.08. The molecule has 1 aromatic rings. The topological polar surface area (TPSA) is 43.4 Å². The minimum Gasteiger partial charge on any atom is -0.460 e. The number of aldehydes is 1. The normalized spacial score (nSPS) is 18.5. The van der Waals surface area contributed by atoms with Crippen molar-refractivity contribution in [2.45, 2.75) is 45.6 Å². The molecule has 2 rings (SSSR count). The predicted octanol–water partition coefficient (Wildman–Crippen LogP) is 4.16. The van der Waals surface area contributed by atoms with Gasteiger partial charge >= 0.3 is 5.97 Å². The van der Waals surface area contributed by atoms with Gasteiger partial charge in [-0.15, -0.1) is 0 Å². The van der Waals surface area contributed by atoms with Crippen molar-refractivity contribution in [1.82, 2.24) is 0 Å². The van der Waals surface area contributed by atoms with Crippen LogP contribution in [0.25, 0.3) is 5.57 Å². The van der Waals surface area contributed by atoms with E-state index >= 15 is 0 Å². The van der Waals surface area contributed by atoms with Gasteiger partial charge in [0.05, 0.1) is 5.92 Å². The van der Waals surface area contributed by atoms with Gasteiger partial charge in [0.2, 0.25) is 0 Å². The van der Waals surface area contributed by atoms with Crippen LogP contribution in [0.1, 0.15) is 56.0 Å². The summed E-state index contributed by atoms with van der Waals surface area (Å²) in [5.41, 5.74) is 1.23. The SMILES string of the molecule is CC(C)(C)OC(=O)[C@@H]1CC=C(c2ccc(C=O)cc2F)CC1. The zero-order chi connectivity index (χ0) is 16.3. The first-order valence-corrected chi connectivity index (χ1v) is 7.47. The van der Waals surface area contributed by atoms with Crippen molar-refractivity contribution in [1.29, 1.82) is 0 Å². The molecule has 1 aliphatic carbocycles. The molecule has 22 heavy (non-hydrogen) atoms. The Hall–Kier alpha value is -1.97. The minimum absolute atomic E-state index is 0.166. The minimum atomic E-state index is -0.488. The number of carbonyl (C=O) groups is 2. The Bertz CT molecular complexity index is 611. The summed E-state index contributed by atoms with van der Waals surface area (Å²) in [6, 6.07) is 4.47. The Morgan fingerprint density at radius 3 is 2.59 bits per heavy atom. The van der Waals surface area contributed by atoms with Gasteiger partial charge in [0.25, 0.3) is 0 Å². The quantitative estimate of drug-likeness (QED) is 0.622. The second-order valence-corrected chi connectivity index (χ2v) is 6.59. The average Bonchev–Trinajstić information content (AvgIpc) is 2.45. The molecular formula is C18H21FO3. The molecule has 0 bridgehead atoms. The molecule has 0 aliphatic heterocycles. The predicted molar refractivity (Wildman–Crippen MR) is 83.0 cm³/mol. The summed E-state index contributed by atoms with van der Waals surface area (Å²) in [5, 5.41) is 0. The summed E-state index contributed by atoms with van der Waals surface area (Å²) in [6.45, 7) is 5.54. The van der Waals surface area contributed by atoms with Crippen LogP contribution < -0.4 is 0 Å². The number of esters is 1.